The maximum Gasteiger partial charge on any atom is 0.243 e. The molecule has 0 aliphatic heterocycles. The Morgan fingerprint density at radius 1 is 1.17 bits per heavy atom. The van der Waals surface area contributed by atoms with Crippen LogP contribution in [0.3, 0.4) is 0 Å². The molecule has 3 aromatic rings. The lowest BCUT2D eigenvalue weighted by atomic mass is 10.2. The van der Waals surface area contributed by atoms with Crippen LogP contribution in [0.25, 0.3) is 0 Å². The Labute approximate surface area is 173 Å². The smallest absolute Gasteiger partial charge is 0.243 e. The van der Waals surface area contributed by atoms with Gasteiger partial charge in [0.1, 0.15) is 12.4 Å². The Kier molecular flexibility index (Phi) is 7.24. The summed E-state index contributed by atoms with van der Waals surface area (Å²) >= 11 is 6.44. The standard InChI is InChI=1S/C20H23ClFN5O2/c1-3-4-9-27-20(24-25-26-27)23-12-15-10-18(28-2)19(11-17(15)21)29-13-14-5-7-16(22)8-6-14/h5-8,10-11H,3-4,9,12-13H2,1-2H3,(H,23,24,26). The number of nitrogens with one attached hydrogen (secondary N) is 1. The third-order valence-electron chi connectivity index (χ3n) is 4.33. The van der Waals surface area contributed by atoms with Crippen LogP contribution in [0.4, 0.5) is 10.3 Å². The van der Waals surface area contributed by atoms with Gasteiger partial charge in [0.2, 0.25) is 5.95 Å². The van der Waals surface area contributed by atoms with Crippen LogP contribution in [-0.2, 0) is 19.7 Å². The van der Waals surface area contributed by atoms with Gasteiger partial charge in [-0.25, -0.2) is 9.07 Å². The van der Waals surface area contributed by atoms with Gasteiger partial charge in [0, 0.05) is 24.2 Å². The Morgan fingerprint density at radius 2 is 1.97 bits per heavy atom. The number of methoxy groups -OCH3 is 1. The van der Waals surface area contributed by atoms with Crippen LogP contribution in [0.5, 0.6) is 11.5 Å². The first kappa shape index (κ1) is 20.9. The number of rotatable bonds is 10. The number of unbranched alkanes of at least 4 members (excludes halogenated alkanes) is 1. The molecule has 0 fully saturated rings. The van der Waals surface area contributed by atoms with Gasteiger partial charge in [0.25, 0.3) is 0 Å². The zero-order chi connectivity index (χ0) is 20.6. The van der Waals surface area contributed by atoms with E-state index in [1.54, 1.807) is 30.0 Å². The quantitative estimate of drug-likeness (QED) is 0.522. The number of tetrazole rings is 1. The van der Waals surface area contributed by atoms with Crippen LogP contribution in [0.1, 0.15) is 30.9 Å². The second kappa shape index (κ2) is 10.1. The Hall–Kier alpha value is -2.87. The maximum absolute atomic E-state index is 13.0. The molecule has 0 bridgehead atoms. The molecule has 154 valence electrons. The number of nitrogens with zero attached hydrogens (tertiary/aromatic N) is 4. The minimum absolute atomic E-state index is 0.275. The fraction of sp³-hybridized carbons (Fsp3) is 0.350. The SMILES string of the molecule is CCCCn1nnnc1NCc1cc(OC)c(OCc2ccc(F)cc2)cc1Cl. The highest BCUT2D eigenvalue weighted by molar-refractivity contribution is 6.31. The van der Waals surface area contributed by atoms with E-state index in [0.717, 1.165) is 30.5 Å². The van der Waals surface area contributed by atoms with Crippen molar-refractivity contribution in [2.75, 3.05) is 12.4 Å². The van der Waals surface area contributed by atoms with E-state index in [1.807, 2.05) is 6.07 Å². The van der Waals surface area contributed by atoms with Gasteiger partial charge in [0.15, 0.2) is 11.5 Å². The average Bonchev–Trinajstić information content (AvgIpc) is 3.18. The zero-order valence-electron chi connectivity index (χ0n) is 16.4. The predicted molar refractivity (Wildman–Crippen MR) is 109 cm³/mol. The van der Waals surface area contributed by atoms with Gasteiger partial charge in [-0.3, -0.25) is 0 Å². The molecule has 0 unspecified atom stereocenters. The lowest BCUT2D eigenvalue weighted by Gasteiger charge is -2.14. The number of benzene rings is 2. The summed E-state index contributed by atoms with van der Waals surface area (Å²) in [6.07, 6.45) is 2.05. The van der Waals surface area contributed by atoms with E-state index in [4.69, 9.17) is 21.1 Å². The molecular formula is C20H23ClFN5O2. The van der Waals surface area contributed by atoms with Crippen molar-refractivity contribution in [3.8, 4) is 11.5 Å². The summed E-state index contributed by atoms with van der Waals surface area (Å²) in [7, 11) is 1.57. The van der Waals surface area contributed by atoms with E-state index in [1.165, 1.54) is 12.1 Å². The summed E-state index contributed by atoms with van der Waals surface area (Å²) in [6.45, 7) is 3.57. The normalized spacial score (nSPS) is 10.8. The number of aromatic nitrogens is 4. The summed E-state index contributed by atoms with van der Waals surface area (Å²) in [4.78, 5) is 0. The summed E-state index contributed by atoms with van der Waals surface area (Å²) in [5, 5.41) is 15.4. The third-order valence-corrected chi connectivity index (χ3v) is 4.68. The minimum Gasteiger partial charge on any atom is -0.493 e. The first-order valence-corrected chi connectivity index (χ1v) is 9.72. The van der Waals surface area contributed by atoms with Crippen LogP contribution in [0.2, 0.25) is 5.02 Å². The van der Waals surface area contributed by atoms with Crippen LogP contribution in [0, 0.1) is 5.82 Å². The van der Waals surface area contributed by atoms with Crippen molar-refractivity contribution >= 4 is 17.5 Å². The van der Waals surface area contributed by atoms with Crippen LogP contribution < -0.4 is 14.8 Å². The lowest BCUT2D eigenvalue weighted by Crippen LogP contribution is -2.09. The zero-order valence-corrected chi connectivity index (χ0v) is 17.1. The second-order valence-electron chi connectivity index (χ2n) is 6.44. The van der Waals surface area contributed by atoms with E-state index in [2.05, 4.69) is 27.8 Å². The van der Waals surface area contributed by atoms with Gasteiger partial charge in [-0.1, -0.05) is 42.2 Å². The number of aryl methyl sites for hydroxylation is 1. The highest BCUT2D eigenvalue weighted by Gasteiger charge is 2.13. The van der Waals surface area contributed by atoms with Gasteiger partial charge in [0.05, 0.1) is 7.11 Å². The Morgan fingerprint density at radius 3 is 2.69 bits per heavy atom. The van der Waals surface area contributed by atoms with Crippen LogP contribution >= 0.6 is 11.6 Å². The monoisotopic (exact) mass is 419 g/mol. The van der Waals surface area contributed by atoms with Crippen molar-refractivity contribution in [3.05, 3.63) is 58.4 Å². The average molecular weight is 420 g/mol. The second-order valence-corrected chi connectivity index (χ2v) is 6.85. The molecule has 0 atom stereocenters. The molecule has 0 spiro atoms. The van der Waals surface area contributed by atoms with Crippen LogP contribution in [-0.4, -0.2) is 27.3 Å². The predicted octanol–water partition coefficient (Wildman–Crippen LogP) is 4.47. The van der Waals surface area contributed by atoms with Gasteiger partial charge in [-0.05, 0) is 46.2 Å². The molecule has 0 saturated carbocycles. The first-order valence-electron chi connectivity index (χ1n) is 9.34. The van der Waals surface area contributed by atoms with Crippen molar-refractivity contribution in [1.82, 2.24) is 20.2 Å². The van der Waals surface area contributed by atoms with Crippen molar-refractivity contribution < 1.29 is 13.9 Å². The van der Waals surface area contributed by atoms with E-state index in [-0.39, 0.29) is 12.4 Å². The third kappa shape index (κ3) is 5.57. The number of hydrogen-bond donors (Lipinski definition) is 1. The van der Waals surface area contributed by atoms with Crippen molar-refractivity contribution in [3.63, 3.8) is 0 Å². The molecule has 0 amide bonds. The highest BCUT2D eigenvalue weighted by atomic mass is 35.5. The number of hydrogen-bond acceptors (Lipinski definition) is 6. The van der Waals surface area contributed by atoms with Gasteiger partial charge < -0.3 is 14.8 Å². The van der Waals surface area contributed by atoms with Gasteiger partial charge in [-0.2, -0.15) is 0 Å². The summed E-state index contributed by atoms with van der Waals surface area (Å²) in [6, 6.07) is 9.66. The molecular weight excluding hydrogens is 397 g/mol. The number of halogens is 2. The fourth-order valence-corrected chi connectivity index (χ4v) is 2.91. The van der Waals surface area contributed by atoms with Crippen molar-refractivity contribution in [2.45, 2.75) is 39.5 Å². The molecule has 2 aromatic carbocycles. The molecule has 3 rings (SSSR count). The molecule has 0 radical (unpaired) electrons. The Balaban J connectivity index is 1.67. The highest BCUT2D eigenvalue weighted by Crippen LogP contribution is 2.34. The minimum atomic E-state index is -0.285. The first-order chi connectivity index (χ1) is 14.1. The van der Waals surface area contributed by atoms with Crippen LogP contribution in [0.15, 0.2) is 36.4 Å². The molecule has 0 aliphatic rings. The molecule has 1 heterocycles. The summed E-state index contributed by atoms with van der Waals surface area (Å²) in [5.74, 6) is 1.37. The molecule has 0 aliphatic carbocycles. The van der Waals surface area contributed by atoms with Crippen molar-refractivity contribution in [2.24, 2.45) is 0 Å². The van der Waals surface area contributed by atoms with E-state index in [9.17, 15) is 4.39 Å². The molecule has 7 nitrogen and oxygen atoms in total. The maximum atomic E-state index is 13.0. The van der Waals surface area contributed by atoms with E-state index >= 15 is 0 Å². The van der Waals surface area contributed by atoms with Gasteiger partial charge in [-0.15, -0.1) is 0 Å². The summed E-state index contributed by atoms with van der Waals surface area (Å²) < 4.78 is 26.0. The summed E-state index contributed by atoms with van der Waals surface area (Å²) in [5.41, 5.74) is 1.66. The largest absolute Gasteiger partial charge is 0.493 e. The lowest BCUT2D eigenvalue weighted by molar-refractivity contribution is 0.284. The van der Waals surface area contributed by atoms with Crippen molar-refractivity contribution in [1.29, 1.82) is 0 Å². The molecule has 1 aromatic heterocycles. The van der Waals surface area contributed by atoms with E-state index in [0.29, 0.717) is 29.0 Å². The Bertz CT molecular complexity index is 933. The molecule has 9 heteroatoms. The van der Waals surface area contributed by atoms with E-state index < -0.39 is 0 Å². The molecule has 29 heavy (non-hydrogen) atoms. The molecule has 0 saturated heterocycles. The fourth-order valence-electron chi connectivity index (χ4n) is 2.69. The number of ether oxygens (including phenoxy) is 2. The topological polar surface area (TPSA) is 74.1 Å². The number of anilines is 1. The van der Waals surface area contributed by atoms with Gasteiger partial charge >= 0.3 is 0 Å². The molecule has 1 N–H and O–H groups in total.